The van der Waals surface area contributed by atoms with Gasteiger partial charge in [0.1, 0.15) is 12.2 Å². The van der Waals surface area contributed by atoms with Crippen molar-refractivity contribution in [2.24, 2.45) is 0 Å². The van der Waals surface area contributed by atoms with E-state index in [1.807, 2.05) is 0 Å². The summed E-state index contributed by atoms with van der Waals surface area (Å²) in [5.41, 5.74) is 0.518. The van der Waals surface area contributed by atoms with E-state index in [0.717, 1.165) is 0 Å². The van der Waals surface area contributed by atoms with Gasteiger partial charge in [-0.2, -0.15) is 0 Å². The van der Waals surface area contributed by atoms with Gasteiger partial charge >= 0.3 is 0 Å². The molecule has 1 aliphatic heterocycles. The number of carboxylic acid groups (broad SMARTS) is 1. The van der Waals surface area contributed by atoms with Gasteiger partial charge in [-0.25, -0.2) is 0 Å². The number of hydrogen-bond acceptors (Lipinski definition) is 7. The van der Waals surface area contributed by atoms with E-state index in [9.17, 15) is 19.5 Å². The highest BCUT2D eigenvalue weighted by atomic mass is 32.1. The van der Waals surface area contributed by atoms with Crippen LogP contribution in [-0.4, -0.2) is 59.0 Å². The number of amides is 2. The summed E-state index contributed by atoms with van der Waals surface area (Å²) in [6.45, 7) is 5.72. The molecule has 1 heterocycles. The highest BCUT2D eigenvalue weighted by Crippen LogP contribution is 2.30. The minimum absolute atomic E-state index is 0.0110. The van der Waals surface area contributed by atoms with Crippen LogP contribution >= 0.6 is 12.2 Å². The topological polar surface area (TPSA) is 99.2 Å². The molecule has 1 fully saturated rings. The van der Waals surface area contributed by atoms with E-state index in [1.165, 1.54) is 21.9 Å². The molecule has 1 aromatic carbocycles. The van der Waals surface area contributed by atoms with E-state index >= 15 is 0 Å². The third kappa shape index (κ3) is 4.48. The zero-order valence-corrected chi connectivity index (χ0v) is 16.7. The lowest BCUT2D eigenvalue weighted by Gasteiger charge is -2.35. The fourth-order valence-corrected chi connectivity index (χ4v) is 3.11. The van der Waals surface area contributed by atoms with Crippen molar-refractivity contribution in [3.05, 3.63) is 29.3 Å². The Hall–Kier alpha value is -2.94. The van der Waals surface area contributed by atoms with Crippen LogP contribution in [-0.2, 0) is 14.4 Å². The summed E-state index contributed by atoms with van der Waals surface area (Å²) in [7, 11) is 0. The Kier molecular flexibility index (Phi) is 7.11. The lowest BCUT2D eigenvalue weighted by atomic mass is 10.1. The second kappa shape index (κ2) is 9.32. The van der Waals surface area contributed by atoms with Gasteiger partial charge < -0.3 is 19.4 Å². The van der Waals surface area contributed by atoms with Crippen LogP contribution in [0.25, 0.3) is 6.08 Å². The fourth-order valence-electron chi connectivity index (χ4n) is 2.69. The van der Waals surface area contributed by atoms with Gasteiger partial charge in [0, 0.05) is 13.1 Å². The van der Waals surface area contributed by atoms with E-state index < -0.39 is 24.4 Å². The average Bonchev–Trinajstić information content (AvgIpc) is 2.65. The van der Waals surface area contributed by atoms with Crippen molar-refractivity contribution in [3.8, 4) is 11.5 Å². The van der Waals surface area contributed by atoms with E-state index in [2.05, 4.69) is 0 Å². The Labute approximate surface area is 168 Å². The van der Waals surface area contributed by atoms with Crippen molar-refractivity contribution in [1.82, 2.24) is 9.80 Å². The molecule has 0 N–H and O–H groups in total. The summed E-state index contributed by atoms with van der Waals surface area (Å²) in [6, 6.07) is 4.68. The molecule has 1 aromatic rings. The van der Waals surface area contributed by atoms with Crippen LogP contribution in [0.2, 0.25) is 0 Å². The number of benzene rings is 1. The van der Waals surface area contributed by atoms with Crippen molar-refractivity contribution in [1.29, 1.82) is 0 Å². The molecule has 0 aromatic heterocycles. The second-order valence-corrected chi connectivity index (χ2v) is 6.10. The molecule has 0 spiro atoms. The molecule has 0 bridgehead atoms. The Morgan fingerprint density at radius 3 is 2.18 bits per heavy atom. The summed E-state index contributed by atoms with van der Waals surface area (Å²) in [6.07, 6.45) is 1.46. The molecular formula is C19H21N2O6S-. The quantitative estimate of drug-likeness (QED) is 0.355. The number of aliphatic carboxylic acids is 1. The van der Waals surface area contributed by atoms with Gasteiger partial charge in [-0.1, -0.05) is 6.07 Å². The van der Waals surface area contributed by atoms with Gasteiger partial charge in [-0.05, 0) is 56.8 Å². The van der Waals surface area contributed by atoms with Crippen LogP contribution in [0.3, 0.4) is 0 Å². The molecule has 1 aliphatic rings. The molecule has 1 saturated heterocycles. The number of carboxylic acids is 1. The number of hydrogen-bond donors (Lipinski definition) is 0. The van der Waals surface area contributed by atoms with Crippen LogP contribution in [0.15, 0.2) is 23.8 Å². The van der Waals surface area contributed by atoms with Gasteiger partial charge in [0.2, 0.25) is 0 Å². The third-order valence-electron chi connectivity index (χ3n) is 3.97. The number of carbonyl (C=O) groups excluding carboxylic acids is 3. The molecule has 2 rings (SSSR count). The third-order valence-corrected chi connectivity index (χ3v) is 4.41. The first-order chi connectivity index (χ1) is 13.3. The molecule has 8 nitrogen and oxygen atoms in total. The Morgan fingerprint density at radius 2 is 1.68 bits per heavy atom. The van der Waals surface area contributed by atoms with E-state index in [1.54, 1.807) is 32.9 Å². The molecule has 0 saturated carbocycles. The summed E-state index contributed by atoms with van der Waals surface area (Å²) in [5, 5.41) is 10.8. The Balaban J connectivity index is 2.42. The molecule has 2 amide bonds. The largest absolute Gasteiger partial charge is 0.546 e. The van der Waals surface area contributed by atoms with E-state index in [0.29, 0.717) is 31.0 Å². The van der Waals surface area contributed by atoms with E-state index in [-0.39, 0.29) is 16.4 Å². The first kappa shape index (κ1) is 21.4. The van der Waals surface area contributed by atoms with Gasteiger partial charge in [0.25, 0.3) is 11.8 Å². The van der Waals surface area contributed by atoms with Crippen molar-refractivity contribution in [2.45, 2.75) is 20.8 Å². The molecule has 0 atom stereocenters. The maximum absolute atomic E-state index is 12.7. The molecule has 9 heteroatoms. The first-order valence-corrected chi connectivity index (χ1v) is 9.23. The second-order valence-electron chi connectivity index (χ2n) is 5.74. The predicted octanol–water partition coefficient (Wildman–Crippen LogP) is 0.593. The maximum atomic E-state index is 12.7. The minimum Gasteiger partial charge on any atom is -0.546 e. The molecule has 0 unspecified atom stereocenters. The van der Waals surface area contributed by atoms with Gasteiger partial charge in [-0.15, -0.1) is 0 Å². The zero-order chi connectivity index (χ0) is 20.8. The van der Waals surface area contributed by atoms with Gasteiger partial charge in [-0.3, -0.25) is 19.4 Å². The monoisotopic (exact) mass is 405 g/mol. The molecular weight excluding hydrogens is 384 g/mol. The number of rotatable bonds is 8. The standard InChI is InChI=1S/C19H22N2O6S/c1-4-20-17(24)13(18(25)21(5-2)19(20)28)9-12-7-8-14(27-11-16(22)23)15(10-12)26-6-3/h7-10H,4-6,11H2,1-3H3,(H,22,23)/p-1. The molecule has 0 radical (unpaired) electrons. The highest BCUT2D eigenvalue weighted by Gasteiger charge is 2.37. The molecule has 150 valence electrons. The van der Waals surface area contributed by atoms with Crippen molar-refractivity contribution >= 4 is 41.2 Å². The normalized spacial score (nSPS) is 14.4. The number of ether oxygens (including phenoxy) is 2. The lowest BCUT2D eigenvalue weighted by Crippen LogP contribution is -2.55. The smallest absolute Gasteiger partial charge is 0.265 e. The number of carbonyl (C=O) groups is 3. The Bertz CT molecular complexity index is 808. The SMILES string of the molecule is CCOc1cc(C=C2C(=O)N(CC)C(=S)N(CC)C2=O)ccc1OCC(=O)[O-]. The summed E-state index contributed by atoms with van der Waals surface area (Å²) >= 11 is 5.23. The maximum Gasteiger partial charge on any atom is 0.265 e. The van der Waals surface area contributed by atoms with E-state index in [4.69, 9.17) is 21.7 Å². The van der Waals surface area contributed by atoms with Gasteiger partial charge in [0.05, 0.1) is 12.6 Å². The Morgan fingerprint density at radius 1 is 1.07 bits per heavy atom. The number of likely N-dealkylation sites (N-methyl/N-ethyl adjacent to an activating group) is 2. The van der Waals surface area contributed by atoms with Crippen LogP contribution < -0.4 is 14.6 Å². The average molecular weight is 405 g/mol. The van der Waals surface area contributed by atoms with Crippen LogP contribution in [0, 0.1) is 0 Å². The summed E-state index contributed by atoms with van der Waals surface area (Å²) in [4.78, 5) is 38.7. The van der Waals surface area contributed by atoms with Crippen LogP contribution in [0.5, 0.6) is 11.5 Å². The summed E-state index contributed by atoms with van der Waals surface area (Å²) in [5.74, 6) is -1.76. The summed E-state index contributed by atoms with van der Waals surface area (Å²) < 4.78 is 10.6. The molecule has 28 heavy (non-hydrogen) atoms. The highest BCUT2D eigenvalue weighted by molar-refractivity contribution is 7.80. The fraction of sp³-hybridized carbons (Fsp3) is 0.368. The van der Waals surface area contributed by atoms with Crippen molar-refractivity contribution < 1.29 is 29.0 Å². The number of thiocarbonyl (C=S) groups is 1. The predicted molar refractivity (Wildman–Crippen MR) is 103 cm³/mol. The molecule has 0 aliphatic carbocycles. The van der Waals surface area contributed by atoms with Crippen LogP contribution in [0.4, 0.5) is 0 Å². The van der Waals surface area contributed by atoms with Crippen molar-refractivity contribution in [3.63, 3.8) is 0 Å². The van der Waals surface area contributed by atoms with Gasteiger partial charge in [0.15, 0.2) is 16.6 Å². The van der Waals surface area contributed by atoms with Crippen molar-refractivity contribution in [2.75, 3.05) is 26.3 Å². The zero-order valence-electron chi connectivity index (χ0n) is 15.9. The lowest BCUT2D eigenvalue weighted by molar-refractivity contribution is -0.307. The first-order valence-electron chi connectivity index (χ1n) is 8.82. The van der Waals surface area contributed by atoms with Crippen LogP contribution in [0.1, 0.15) is 26.3 Å². The number of nitrogens with zero attached hydrogens (tertiary/aromatic N) is 2. The minimum atomic E-state index is -1.36.